The van der Waals surface area contributed by atoms with E-state index in [0.717, 1.165) is 22.7 Å². The maximum absolute atomic E-state index is 13.8. The van der Waals surface area contributed by atoms with Gasteiger partial charge in [-0.15, -0.1) is 0 Å². The van der Waals surface area contributed by atoms with Gasteiger partial charge in [-0.25, -0.2) is 17.2 Å². The highest BCUT2D eigenvalue weighted by atomic mass is 32.2. The van der Waals surface area contributed by atoms with Gasteiger partial charge in [-0.2, -0.15) is 0 Å². The molecule has 1 rings (SSSR count). The summed E-state index contributed by atoms with van der Waals surface area (Å²) in [5.74, 6) is -2.18. The number of hydrogen-bond donors (Lipinski definition) is 1. The molecule has 0 saturated heterocycles. The van der Waals surface area contributed by atoms with Crippen molar-refractivity contribution in [2.75, 3.05) is 37.4 Å². The van der Waals surface area contributed by atoms with Crippen LogP contribution in [0.2, 0.25) is 0 Å². The lowest BCUT2D eigenvalue weighted by atomic mass is 10.3. The molecule has 1 N–H and O–H groups in total. The van der Waals surface area contributed by atoms with E-state index in [0.29, 0.717) is 25.6 Å². The maximum Gasteiger partial charge on any atom is 0.232 e. The number of halogens is 2. The first kappa shape index (κ1) is 19.3. The number of rotatable bonds is 9. The predicted octanol–water partition coefficient (Wildman–Crippen LogP) is 1.27. The highest BCUT2D eigenvalue weighted by Gasteiger charge is 2.22. The monoisotopic (exact) mass is 350 g/mol. The standard InChI is InChI=1S/C14H20F2N2O4S/c1-22-9-3-7-17-14(19)6-8-18(23(2,20)21)13-5-4-11(15)10-12(13)16/h4-5,10H,3,6-9H2,1-2H3,(H,17,19). The summed E-state index contributed by atoms with van der Waals surface area (Å²) < 4.78 is 55.9. The van der Waals surface area contributed by atoms with Gasteiger partial charge < -0.3 is 10.1 Å². The van der Waals surface area contributed by atoms with Crippen molar-refractivity contribution < 1.29 is 26.7 Å². The van der Waals surface area contributed by atoms with Crippen LogP contribution in [0.5, 0.6) is 0 Å². The molecular weight excluding hydrogens is 330 g/mol. The van der Waals surface area contributed by atoms with Crippen LogP contribution in [0, 0.1) is 11.6 Å². The van der Waals surface area contributed by atoms with Gasteiger partial charge in [0.1, 0.15) is 11.6 Å². The zero-order valence-electron chi connectivity index (χ0n) is 13.0. The minimum atomic E-state index is -3.81. The van der Waals surface area contributed by atoms with Crippen LogP contribution in [0.4, 0.5) is 14.5 Å². The molecule has 130 valence electrons. The first-order chi connectivity index (χ1) is 10.8. The first-order valence-electron chi connectivity index (χ1n) is 6.94. The quantitative estimate of drug-likeness (QED) is 0.681. The van der Waals surface area contributed by atoms with Crippen molar-refractivity contribution in [1.29, 1.82) is 0 Å². The summed E-state index contributed by atoms with van der Waals surface area (Å²) in [6.45, 7) is 0.657. The van der Waals surface area contributed by atoms with Gasteiger partial charge in [-0.3, -0.25) is 9.10 Å². The minimum Gasteiger partial charge on any atom is -0.385 e. The topological polar surface area (TPSA) is 75.7 Å². The van der Waals surface area contributed by atoms with Crippen molar-refractivity contribution >= 4 is 21.6 Å². The average Bonchev–Trinajstić information content (AvgIpc) is 2.44. The Morgan fingerprint density at radius 3 is 2.61 bits per heavy atom. The zero-order chi connectivity index (χ0) is 17.5. The van der Waals surface area contributed by atoms with E-state index < -0.39 is 21.7 Å². The number of carbonyl (C=O) groups is 1. The molecule has 0 aromatic heterocycles. The van der Waals surface area contributed by atoms with Crippen molar-refractivity contribution in [2.45, 2.75) is 12.8 Å². The lowest BCUT2D eigenvalue weighted by molar-refractivity contribution is -0.120. The summed E-state index contributed by atoms with van der Waals surface area (Å²) >= 11 is 0. The Hall–Kier alpha value is -1.74. The third kappa shape index (κ3) is 6.49. The molecule has 0 aliphatic carbocycles. The van der Waals surface area contributed by atoms with Crippen LogP contribution in [0.3, 0.4) is 0 Å². The summed E-state index contributed by atoms with van der Waals surface area (Å²) in [6.07, 6.45) is 1.38. The second-order valence-electron chi connectivity index (χ2n) is 4.88. The third-order valence-electron chi connectivity index (χ3n) is 2.97. The average molecular weight is 350 g/mol. The fraction of sp³-hybridized carbons (Fsp3) is 0.500. The summed E-state index contributed by atoms with van der Waals surface area (Å²) in [5, 5.41) is 2.61. The van der Waals surface area contributed by atoms with E-state index in [2.05, 4.69) is 5.32 Å². The molecule has 0 radical (unpaired) electrons. The highest BCUT2D eigenvalue weighted by Crippen LogP contribution is 2.22. The van der Waals surface area contributed by atoms with Gasteiger partial charge in [0.15, 0.2) is 0 Å². The highest BCUT2D eigenvalue weighted by molar-refractivity contribution is 7.92. The summed E-state index contributed by atoms with van der Waals surface area (Å²) in [7, 11) is -2.26. The van der Waals surface area contributed by atoms with Crippen LogP contribution < -0.4 is 9.62 Å². The van der Waals surface area contributed by atoms with E-state index in [1.807, 2.05) is 0 Å². The predicted molar refractivity (Wildman–Crippen MR) is 82.7 cm³/mol. The second-order valence-corrected chi connectivity index (χ2v) is 6.78. The molecule has 0 bridgehead atoms. The summed E-state index contributed by atoms with van der Waals surface area (Å²) in [4.78, 5) is 11.7. The van der Waals surface area contributed by atoms with Crippen LogP contribution in [-0.2, 0) is 19.6 Å². The SMILES string of the molecule is COCCCNC(=O)CCN(c1ccc(F)cc1F)S(C)(=O)=O. The van der Waals surface area contributed by atoms with Gasteiger partial charge in [0, 0.05) is 39.3 Å². The molecule has 0 unspecified atom stereocenters. The van der Waals surface area contributed by atoms with Gasteiger partial charge in [-0.1, -0.05) is 0 Å². The van der Waals surface area contributed by atoms with Crippen LogP contribution >= 0.6 is 0 Å². The first-order valence-corrected chi connectivity index (χ1v) is 8.79. The van der Waals surface area contributed by atoms with Gasteiger partial charge in [0.2, 0.25) is 15.9 Å². The van der Waals surface area contributed by atoms with E-state index in [4.69, 9.17) is 4.74 Å². The van der Waals surface area contributed by atoms with E-state index in [1.54, 1.807) is 7.11 Å². The molecular formula is C14H20F2N2O4S. The molecule has 0 aliphatic heterocycles. The third-order valence-corrected chi connectivity index (χ3v) is 4.15. The lowest BCUT2D eigenvalue weighted by Crippen LogP contribution is -2.35. The number of carbonyl (C=O) groups excluding carboxylic acids is 1. The van der Waals surface area contributed by atoms with Gasteiger partial charge in [0.05, 0.1) is 11.9 Å². The van der Waals surface area contributed by atoms with Crippen molar-refractivity contribution in [1.82, 2.24) is 5.32 Å². The molecule has 1 aromatic rings. The van der Waals surface area contributed by atoms with Crippen LogP contribution in [0.1, 0.15) is 12.8 Å². The number of nitrogens with zero attached hydrogens (tertiary/aromatic N) is 1. The van der Waals surface area contributed by atoms with Crippen molar-refractivity contribution in [3.05, 3.63) is 29.8 Å². The zero-order valence-corrected chi connectivity index (χ0v) is 13.8. The van der Waals surface area contributed by atoms with Crippen molar-refractivity contribution in [3.63, 3.8) is 0 Å². The molecule has 0 spiro atoms. The number of anilines is 1. The number of ether oxygens (including phenoxy) is 1. The Bertz CT molecular complexity index is 638. The molecule has 9 heteroatoms. The number of amides is 1. The molecule has 0 atom stereocenters. The normalized spacial score (nSPS) is 11.3. The largest absolute Gasteiger partial charge is 0.385 e. The number of nitrogens with one attached hydrogen (secondary N) is 1. The van der Waals surface area contributed by atoms with Crippen LogP contribution in [0.25, 0.3) is 0 Å². The van der Waals surface area contributed by atoms with Crippen LogP contribution in [0.15, 0.2) is 18.2 Å². The van der Waals surface area contributed by atoms with Crippen LogP contribution in [-0.4, -0.2) is 47.4 Å². The van der Waals surface area contributed by atoms with Crippen molar-refractivity contribution in [2.24, 2.45) is 0 Å². The fourth-order valence-corrected chi connectivity index (χ4v) is 2.81. The minimum absolute atomic E-state index is 0.142. The second kappa shape index (κ2) is 8.78. The lowest BCUT2D eigenvalue weighted by Gasteiger charge is -2.22. The maximum atomic E-state index is 13.8. The fourth-order valence-electron chi connectivity index (χ4n) is 1.88. The number of hydrogen-bond acceptors (Lipinski definition) is 4. The van der Waals surface area contributed by atoms with E-state index in [9.17, 15) is 22.0 Å². The van der Waals surface area contributed by atoms with Gasteiger partial charge in [0.25, 0.3) is 0 Å². The van der Waals surface area contributed by atoms with Gasteiger partial charge in [-0.05, 0) is 18.6 Å². The Morgan fingerprint density at radius 1 is 1.35 bits per heavy atom. The summed E-state index contributed by atoms with van der Waals surface area (Å²) in [6, 6.07) is 2.59. The van der Waals surface area contributed by atoms with Crippen molar-refractivity contribution in [3.8, 4) is 0 Å². The Kier molecular flexibility index (Phi) is 7.37. The Balaban J connectivity index is 2.72. The van der Waals surface area contributed by atoms with E-state index in [-0.39, 0.29) is 24.6 Å². The molecule has 0 aliphatic rings. The van der Waals surface area contributed by atoms with E-state index in [1.165, 1.54) is 0 Å². The Morgan fingerprint density at radius 2 is 2.04 bits per heavy atom. The van der Waals surface area contributed by atoms with E-state index >= 15 is 0 Å². The molecule has 23 heavy (non-hydrogen) atoms. The smallest absolute Gasteiger partial charge is 0.232 e. The molecule has 1 aromatic carbocycles. The Labute approximate surface area is 134 Å². The number of benzene rings is 1. The molecule has 0 saturated carbocycles. The van der Waals surface area contributed by atoms with Gasteiger partial charge >= 0.3 is 0 Å². The molecule has 6 nitrogen and oxygen atoms in total. The molecule has 0 fully saturated rings. The molecule has 0 heterocycles. The number of sulfonamides is 1. The summed E-state index contributed by atoms with van der Waals surface area (Å²) in [5.41, 5.74) is -0.291. The number of methoxy groups -OCH3 is 1. The molecule has 1 amide bonds.